The molecule has 0 aliphatic rings. The second-order valence-corrected chi connectivity index (χ2v) is 5.32. The van der Waals surface area contributed by atoms with Crippen molar-refractivity contribution in [1.82, 2.24) is 0 Å². The zero-order chi connectivity index (χ0) is 13.8. The Morgan fingerprint density at radius 1 is 0.947 bits per heavy atom. The van der Waals surface area contributed by atoms with Crippen molar-refractivity contribution in [3.8, 4) is 5.75 Å². The molecule has 2 N–H and O–H groups in total. The molecule has 2 aromatic rings. The monoisotopic (exact) mass is 315 g/mol. The smallest absolute Gasteiger partial charge is 0.139 e. The first-order valence-electron chi connectivity index (χ1n) is 5.65. The van der Waals surface area contributed by atoms with Crippen LogP contribution >= 0.6 is 34.8 Å². The summed E-state index contributed by atoms with van der Waals surface area (Å²) in [5, 5.41) is 1.75. The van der Waals surface area contributed by atoms with Gasteiger partial charge in [-0.3, -0.25) is 0 Å². The quantitative estimate of drug-likeness (QED) is 0.885. The van der Waals surface area contributed by atoms with Crippen LogP contribution in [0.25, 0.3) is 0 Å². The van der Waals surface area contributed by atoms with E-state index in [1.165, 1.54) is 0 Å². The molecule has 0 aliphatic carbocycles. The summed E-state index contributed by atoms with van der Waals surface area (Å²) in [7, 11) is 0. The molecule has 100 valence electrons. The van der Waals surface area contributed by atoms with Crippen LogP contribution in [0.15, 0.2) is 42.5 Å². The van der Waals surface area contributed by atoms with Gasteiger partial charge in [0, 0.05) is 16.1 Å². The van der Waals surface area contributed by atoms with Crippen molar-refractivity contribution in [2.24, 2.45) is 5.73 Å². The predicted octanol–water partition coefficient (Wildman–Crippen LogP) is 4.73. The van der Waals surface area contributed by atoms with Gasteiger partial charge in [0.25, 0.3) is 0 Å². The van der Waals surface area contributed by atoms with Crippen LogP contribution in [0.1, 0.15) is 11.6 Å². The average molecular weight is 317 g/mol. The lowest BCUT2D eigenvalue weighted by Gasteiger charge is -2.14. The van der Waals surface area contributed by atoms with Gasteiger partial charge in [-0.25, -0.2) is 0 Å². The van der Waals surface area contributed by atoms with Crippen molar-refractivity contribution >= 4 is 34.8 Å². The minimum atomic E-state index is -0.257. The molecule has 0 heterocycles. The summed E-state index contributed by atoms with van der Waals surface area (Å²) in [5.74, 6) is 0.526. The van der Waals surface area contributed by atoms with Gasteiger partial charge in [0.15, 0.2) is 0 Å². The first-order valence-corrected chi connectivity index (χ1v) is 6.78. The lowest BCUT2D eigenvalue weighted by Crippen LogP contribution is -2.19. The molecule has 0 spiro atoms. The van der Waals surface area contributed by atoms with Crippen molar-refractivity contribution in [1.29, 1.82) is 0 Å². The largest absolute Gasteiger partial charge is 0.490 e. The van der Waals surface area contributed by atoms with Crippen LogP contribution in [0.2, 0.25) is 15.1 Å². The Labute approximate surface area is 127 Å². The van der Waals surface area contributed by atoms with E-state index >= 15 is 0 Å². The van der Waals surface area contributed by atoms with Crippen molar-refractivity contribution < 1.29 is 4.74 Å². The van der Waals surface area contributed by atoms with E-state index in [2.05, 4.69) is 0 Å². The maximum Gasteiger partial charge on any atom is 0.139 e. The molecule has 2 nitrogen and oxygen atoms in total. The molecule has 0 radical (unpaired) electrons. The molecular weight excluding hydrogens is 305 g/mol. The van der Waals surface area contributed by atoms with Crippen LogP contribution < -0.4 is 10.5 Å². The van der Waals surface area contributed by atoms with Gasteiger partial charge < -0.3 is 10.5 Å². The van der Waals surface area contributed by atoms with Gasteiger partial charge >= 0.3 is 0 Å². The molecule has 2 rings (SSSR count). The molecule has 0 saturated carbocycles. The topological polar surface area (TPSA) is 35.2 Å². The minimum Gasteiger partial charge on any atom is -0.490 e. The number of halogens is 3. The molecule has 0 aliphatic heterocycles. The van der Waals surface area contributed by atoms with Gasteiger partial charge in [-0.2, -0.15) is 0 Å². The highest BCUT2D eigenvalue weighted by molar-refractivity contribution is 6.34. The summed E-state index contributed by atoms with van der Waals surface area (Å²) >= 11 is 17.7. The Morgan fingerprint density at radius 3 is 2.26 bits per heavy atom. The van der Waals surface area contributed by atoms with E-state index in [0.717, 1.165) is 5.56 Å². The van der Waals surface area contributed by atoms with Crippen LogP contribution in [-0.4, -0.2) is 6.61 Å². The van der Waals surface area contributed by atoms with E-state index in [1.807, 2.05) is 12.1 Å². The van der Waals surface area contributed by atoms with Crippen molar-refractivity contribution in [3.05, 3.63) is 63.1 Å². The maximum atomic E-state index is 6.04. The van der Waals surface area contributed by atoms with Crippen LogP contribution in [0.4, 0.5) is 0 Å². The number of hydrogen-bond donors (Lipinski definition) is 1. The number of ether oxygens (including phenoxy) is 1. The second-order valence-electron chi connectivity index (χ2n) is 4.04. The Morgan fingerprint density at radius 2 is 1.58 bits per heavy atom. The predicted molar refractivity (Wildman–Crippen MR) is 80.3 cm³/mol. The van der Waals surface area contributed by atoms with Crippen LogP contribution in [0.3, 0.4) is 0 Å². The fraction of sp³-hybridized carbons (Fsp3) is 0.143. The molecule has 2 aromatic carbocycles. The highest BCUT2D eigenvalue weighted by Gasteiger charge is 2.09. The van der Waals surface area contributed by atoms with Gasteiger partial charge in [-0.15, -0.1) is 0 Å². The molecule has 19 heavy (non-hydrogen) atoms. The molecule has 0 fully saturated rings. The zero-order valence-corrected chi connectivity index (χ0v) is 12.2. The van der Waals surface area contributed by atoms with Crippen molar-refractivity contribution in [2.45, 2.75) is 6.04 Å². The van der Waals surface area contributed by atoms with E-state index in [4.69, 9.17) is 45.3 Å². The summed E-state index contributed by atoms with van der Waals surface area (Å²) in [6.07, 6.45) is 0. The first-order chi connectivity index (χ1) is 9.06. The lowest BCUT2D eigenvalue weighted by atomic mass is 10.1. The van der Waals surface area contributed by atoms with E-state index < -0.39 is 0 Å². The Hall–Kier alpha value is -0.930. The van der Waals surface area contributed by atoms with Crippen molar-refractivity contribution in [3.63, 3.8) is 0 Å². The van der Waals surface area contributed by atoms with Gasteiger partial charge in [0.05, 0.1) is 11.1 Å². The Kier molecular flexibility index (Phi) is 4.94. The van der Waals surface area contributed by atoms with Crippen LogP contribution in [0, 0.1) is 0 Å². The SMILES string of the molecule is NC(COc1cc(Cl)ccc1Cl)c1ccc(Cl)cc1. The summed E-state index contributed by atoms with van der Waals surface area (Å²) in [6.45, 7) is 0.307. The molecule has 0 amide bonds. The van der Waals surface area contributed by atoms with Gasteiger partial charge in [0.2, 0.25) is 0 Å². The summed E-state index contributed by atoms with van der Waals surface area (Å²) in [4.78, 5) is 0. The minimum absolute atomic E-state index is 0.257. The fourth-order valence-corrected chi connectivity index (χ4v) is 2.03. The van der Waals surface area contributed by atoms with Crippen LogP contribution in [-0.2, 0) is 0 Å². The van der Waals surface area contributed by atoms with E-state index in [0.29, 0.717) is 27.4 Å². The van der Waals surface area contributed by atoms with E-state index in [9.17, 15) is 0 Å². The summed E-state index contributed by atoms with van der Waals surface area (Å²) in [5.41, 5.74) is 6.98. The first kappa shape index (κ1) is 14.5. The zero-order valence-electron chi connectivity index (χ0n) is 9.95. The van der Waals surface area contributed by atoms with Crippen LogP contribution in [0.5, 0.6) is 5.75 Å². The van der Waals surface area contributed by atoms with Gasteiger partial charge in [-0.05, 0) is 29.8 Å². The number of benzene rings is 2. The maximum absolute atomic E-state index is 6.04. The normalized spacial score (nSPS) is 12.2. The molecule has 5 heteroatoms. The molecule has 0 aromatic heterocycles. The highest BCUT2D eigenvalue weighted by atomic mass is 35.5. The summed E-state index contributed by atoms with van der Waals surface area (Å²) < 4.78 is 5.59. The Balaban J connectivity index is 2.02. The Bertz CT molecular complexity index is 557. The van der Waals surface area contributed by atoms with Gasteiger partial charge in [-0.1, -0.05) is 46.9 Å². The number of rotatable bonds is 4. The van der Waals surface area contributed by atoms with E-state index in [-0.39, 0.29) is 6.04 Å². The molecule has 1 unspecified atom stereocenters. The number of hydrogen-bond acceptors (Lipinski definition) is 2. The average Bonchev–Trinajstić information content (AvgIpc) is 2.40. The third-order valence-electron chi connectivity index (χ3n) is 2.61. The number of nitrogens with two attached hydrogens (primary N) is 1. The van der Waals surface area contributed by atoms with Crippen molar-refractivity contribution in [2.75, 3.05) is 6.61 Å². The highest BCUT2D eigenvalue weighted by Crippen LogP contribution is 2.28. The summed E-state index contributed by atoms with van der Waals surface area (Å²) in [6, 6.07) is 12.1. The van der Waals surface area contributed by atoms with Gasteiger partial charge in [0.1, 0.15) is 12.4 Å². The standard InChI is InChI=1S/C14H12Cl3NO/c15-10-3-1-9(2-4-10)13(18)8-19-14-7-11(16)5-6-12(14)17/h1-7,13H,8,18H2. The molecular formula is C14H12Cl3NO. The lowest BCUT2D eigenvalue weighted by molar-refractivity contribution is 0.291. The second kappa shape index (κ2) is 6.49. The fourth-order valence-electron chi connectivity index (χ4n) is 1.57. The van der Waals surface area contributed by atoms with E-state index in [1.54, 1.807) is 30.3 Å². The molecule has 1 atom stereocenters. The molecule has 0 bridgehead atoms. The third-order valence-corrected chi connectivity index (χ3v) is 3.41. The molecule has 0 saturated heterocycles. The third kappa shape index (κ3) is 4.02.